The van der Waals surface area contributed by atoms with Gasteiger partial charge in [-0.1, -0.05) is 36.4 Å². The van der Waals surface area contributed by atoms with Crippen LogP contribution in [0.3, 0.4) is 0 Å². The van der Waals surface area contributed by atoms with Crippen LogP contribution < -0.4 is 0 Å². The van der Waals surface area contributed by atoms with E-state index in [0.29, 0.717) is 0 Å². The van der Waals surface area contributed by atoms with Crippen LogP contribution in [0.15, 0.2) is 73.1 Å². The normalized spacial score (nSPS) is 18.6. The molecule has 2 aromatic heterocycles. The molecule has 2 saturated heterocycles. The predicted octanol–water partition coefficient (Wildman–Crippen LogP) is 4.99. The molecular formula is C29H34ClN5. The van der Waals surface area contributed by atoms with E-state index in [2.05, 4.69) is 85.3 Å². The van der Waals surface area contributed by atoms with E-state index in [1.165, 1.54) is 60.9 Å². The van der Waals surface area contributed by atoms with E-state index in [0.717, 1.165) is 43.3 Å². The number of likely N-dealkylation sites (tertiary alicyclic amines) is 1. The molecule has 0 N–H and O–H groups in total. The zero-order valence-corrected chi connectivity index (χ0v) is 21.0. The fourth-order valence-electron chi connectivity index (χ4n) is 5.80. The maximum Gasteiger partial charge on any atom is 0.0705 e. The van der Waals surface area contributed by atoms with Crippen molar-refractivity contribution in [3.05, 3.63) is 84.2 Å². The Morgan fingerprint density at radius 2 is 1.09 bits per heavy atom. The van der Waals surface area contributed by atoms with Gasteiger partial charge in [0.25, 0.3) is 0 Å². The molecule has 0 amide bonds. The average molecular weight is 488 g/mol. The van der Waals surface area contributed by atoms with Crippen molar-refractivity contribution in [1.29, 1.82) is 0 Å². The minimum Gasteiger partial charge on any atom is -0.299 e. The van der Waals surface area contributed by atoms with E-state index in [4.69, 9.17) is 0 Å². The highest BCUT2D eigenvalue weighted by atomic mass is 35.5. The SMILES string of the molecule is Cl.c1ccc2c(CN3CCC(N4CCN(Cc5ccnc6ccccc56)CC4)CC3)ccnc2c1. The van der Waals surface area contributed by atoms with Gasteiger partial charge in [-0.25, -0.2) is 0 Å². The fourth-order valence-corrected chi connectivity index (χ4v) is 5.80. The number of nitrogens with zero attached hydrogens (tertiary/aromatic N) is 5. The third-order valence-corrected chi connectivity index (χ3v) is 7.75. The van der Waals surface area contributed by atoms with Gasteiger partial charge in [-0.3, -0.25) is 24.7 Å². The van der Waals surface area contributed by atoms with Crippen LogP contribution in [0.4, 0.5) is 0 Å². The van der Waals surface area contributed by atoms with Crippen molar-refractivity contribution < 1.29 is 0 Å². The van der Waals surface area contributed by atoms with Gasteiger partial charge in [-0.2, -0.15) is 0 Å². The highest BCUT2D eigenvalue weighted by Crippen LogP contribution is 2.24. The Bertz CT molecular complexity index is 1150. The zero-order chi connectivity index (χ0) is 22.7. The molecule has 5 nitrogen and oxygen atoms in total. The number of halogens is 1. The number of piperidine rings is 1. The lowest BCUT2D eigenvalue weighted by Crippen LogP contribution is -2.52. The van der Waals surface area contributed by atoms with Crippen molar-refractivity contribution >= 4 is 34.2 Å². The van der Waals surface area contributed by atoms with Gasteiger partial charge in [0.2, 0.25) is 0 Å². The molecule has 2 aliphatic rings. The summed E-state index contributed by atoms with van der Waals surface area (Å²) in [5.41, 5.74) is 5.01. The van der Waals surface area contributed by atoms with Crippen LogP contribution in [0.2, 0.25) is 0 Å². The third-order valence-electron chi connectivity index (χ3n) is 7.75. The van der Waals surface area contributed by atoms with Crippen LogP contribution >= 0.6 is 12.4 Å². The molecule has 2 aliphatic heterocycles. The Labute approximate surface area is 214 Å². The van der Waals surface area contributed by atoms with Crippen molar-refractivity contribution in [3.8, 4) is 0 Å². The molecule has 4 heterocycles. The number of rotatable bonds is 5. The van der Waals surface area contributed by atoms with E-state index in [-0.39, 0.29) is 12.4 Å². The summed E-state index contributed by atoms with van der Waals surface area (Å²) in [5.74, 6) is 0. The van der Waals surface area contributed by atoms with Gasteiger partial charge in [0.05, 0.1) is 11.0 Å². The number of pyridine rings is 2. The van der Waals surface area contributed by atoms with Crippen LogP contribution in [-0.2, 0) is 13.1 Å². The van der Waals surface area contributed by atoms with Crippen molar-refractivity contribution in [2.24, 2.45) is 0 Å². The van der Waals surface area contributed by atoms with E-state index >= 15 is 0 Å². The summed E-state index contributed by atoms with van der Waals surface area (Å²) in [6.07, 6.45) is 6.46. The molecule has 2 fully saturated rings. The molecule has 6 rings (SSSR count). The van der Waals surface area contributed by atoms with E-state index in [1.807, 2.05) is 12.4 Å². The maximum atomic E-state index is 4.52. The molecular weight excluding hydrogens is 454 g/mol. The number of para-hydroxylation sites is 2. The lowest BCUT2D eigenvalue weighted by Gasteiger charge is -2.43. The van der Waals surface area contributed by atoms with Crippen LogP contribution in [0.1, 0.15) is 24.0 Å². The highest BCUT2D eigenvalue weighted by Gasteiger charge is 2.27. The minimum atomic E-state index is 0. The summed E-state index contributed by atoms with van der Waals surface area (Å²) in [4.78, 5) is 17.0. The number of aromatic nitrogens is 2. The quantitative estimate of drug-likeness (QED) is 0.396. The highest BCUT2D eigenvalue weighted by molar-refractivity contribution is 5.85. The number of fused-ring (bicyclic) bond motifs is 2. The largest absolute Gasteiger partial charge is 0.299 e. The number of piperazine rings is 1. The molecule has 0 radical (unpaired) electrons. The Morgan fingerprint density at radius 3 is 1.63 bits per heavy atom. The Balaban J connectivity index is 0.00000253. The first-order valence-electron chi connectivity index (χ1n) is 12.7. The van der Waals surface area contributed by atoms with E-state index < -0.39 is 0 Å². The Morgan fingerprint density at radius 1 is 0.600 bits per heavy atom. The predicted molar refractivity (Wildman–Crippen MR) is 146 cm³/mol. The van der Waals surface area contributed by atoms with Crippen LogP contribution in [-0.4, -0.2) is 70.0 Å². The standard InChI is InChI=1S/C29H33N5.ClH/c1-3-7-28-26(5-1)23(9-13-30-28)21-32-15-11-25(12-16-32)34-19-17-33(18-20-34)22-24-10-14-31-29-8-4-2-6-27(24)29;/h1-10,13-14,25H,11-12,15-22H2;1H. The number of hydrogen-bond donors (Lipinski definition) is 0. The number of benzene rings is 2. The maximum absolute atomic E-state index is 4.52. The first kappa shape index (κ1) is 24.1. The summed E-state index contributed by atoms with van der Waals surface area (Å²) >= 11 is 0. The second-order valence-corrected chi connectivity index (χ2v) is 9.79. The summed E-state index contributed by atoms with van der Waals surface area (Å²) in [6, 6.07) is 22.1. The topological polar surface area (TPSA) is 35.5 Å². The molecule has 0 aliphatic carbocycles. The second-order valence-electron chi connectivity index (χ2n) is 9.79. The van der Waals surface area contributed by atoms with Crippen molar-refractivity contribution in [1.82, 2.24) is 24.7 Å². The summed E-state index contributed by atoms with van der Waals surface area (Å²) in [7, 11) is 0. The minimum absolute atomic E-state index is 0. The second kappa shape index (κ2) is 11.0. The lowest BCUT2D eigenvalue weighted by atomic mass is 10.0. The van der Waals surface area contributed by atoms with Gasteiger partial charge >= 0.3 is 0 Å². The molecule has 0 unspecified atom stereocenters. The summed E-state index contributed by atoms with van der Waals surface area (Å²) < 4.78 is 0. The smallest absolute Gasteiger partial charge is 0.0705 e. The van der Waals surface area contributed by atoms with E-state index in [9.17, 15) is 0 Å². The Hall–Kier alpha value is -2.57. The van der Waals surface area contributed by atoms with Crippen LogP contribution in [0.5, 0.6) is 0 Å². The molecule has 6 heteroatoms. The first-order chi connectivity index (χ1) is 16.8. The van der Waals surface area contributed by atoms with Gasteiger partial charge in [0.15, 0.2) is 0 Å². The molecule has 0 bridgehead atoms. The Kier molecular flexibility index (Phi) is 7.59. The zero-order valence-electron chi connectivity index (χ0n) is 20.2. The van der Waals surface area contributed by atoms with Crippen molar-refractivity contribution in [2.75, 3.05) is 39.3 Å². The fraction of sp³-hybridized carbons (Fsp3) is 0.379. The van der Waals surface area contributed by atoms with Crippen LogP contribution in [0, 0.1) is 0 Å². The molecule has 4 aromatic rings. The third kappa shape index (κ3) is 5.34. The summed E-state index contributed by atoms with van der Waals surface area (Å²) in [6.45, 7) is 9.10. The van der Waals surface area contributed by atoms with Crippen LogP contribution in [0.25, 0.3) is 21.8 Å². The molecule has 182 valence electrons. The molecule has 35 heavy (non-hydrogen) atoms. The molecule has 0 saturated carbocycles. The van der Waals surface area contributed by atoms with Gasteiger partial charge in [-0.15, -0.1) is 12.4 Å². The van der Waals surface area contributed by atoms with Gasteiger partial charge in [0, 0.05) is 68.5 Å². The van der Waals surface area contributed by atoms with Gasteiger partial charge < -0.3 is 0 Å². The first-order valence-corrected chi connectivity index (χ1v) is 12.7. The van der Waals surface area contributed by atoms with Crippen molar-refractivity contribution in [3.63, 3.8) is 0 Å². The van der Waals surface area contributed by atoms with Crippen molar-refractivity contribution in [2.45, 2.75) is 32.0 Å². The lowest BCUT2D eigenvalue weighted by molar-refractivity contribution is 0.0552. The average Bonchev–Trinajstić information content (AvgIpc) is 2.90. The molecule has 2 aromatic carbocycles. The molecule has 0 atom stereocenters. The monoisotopic (exact) mass is 487 g/mol. The number of hydrogen-bond acceptors (Lipinski definition) is 5. The van der Waals surface area contributed by atoms with Gasteiger partial charge in [0.1, 0.15) is 0 Å². The van der Waals surface area contributed by atoms with Gasteiger partial charge in [-0.05, 0) is 61.3 Å². The molecule has 0 spiro atoms. The summed E-state index contributed by atoms with van der Waals surface area (Å²) in [5, 5.41) is 2.59. The van der Waals surface area contributed by atoms with E-state index in [1.54, 1.807) is 0 Å².